The van der Waals surface area contributed by atoms with Crippen LogP contribution in [0.15, 0.2) is 0 Å². The van der Waals surface area contributed by atoms with Crippen LogP contribution in [0.3, 0.4) is 0 Å². The van der Waals surface area contributed by atoms with Gasteiger partial charge in [-0.05, 0) is 0 Å². The van der Waals surface area contributed by atoms with Gasteiger partial charge in [-0.15, -0.1) is 0 Å². The molecule has 17 heavy (non-hydrogen) atoms. The number of carboxylic acid groups (broad SMARTS) is 3. The smallest absolute Gasteiger partial charge is 1.00 e. The summed E-state index contributed by atoms with van der Waals surface area (Å²) in [6.07, 6.45) is -2.29. The molecule has 0 aliphatic heterocycles. The third kappa shape index (κ3) is 14.3. The predicted octanol–water partition coefficient (Wildman–Crippen LogP) is -9.90. The fraction of sp³-hybridized carbons (Fsp3) is 0.500. The summed E-state index contributed by atoms with van der Waals surface area (Å²) in [5.74, 6) is -5.02. The number of aliphatic carboxylic acids is 3. The maximum atomic E-state index is 10.3. The zero-order chi connectivity index (χ0) is 10.6. The van der Waals surface area contributed by atoms with Gasteiger partial charge in [-0.2, -0.15) is 0 Å². The van der Waals surface area contributed by atoms with E-state index in [1.54, 1.807) is 0 Å². The van der Waals surface area contributed by atoms with Crippen LogP contribution in [0.1, 0.15) is 17.1 Å². The first-order valence-electron chi connectivity index (χ1n) is 3.17. The molecular formula is C6H11Na3O7W. The summed E-state index contributed by atoms with van der Waals surface area (Å²) in [4.78, 5) is 30.5. The van der Waals surface area contributed by atoms with Crippen molar-refractivity contribution in [3.05, 3.63) is 0 Å². The molecule has 86 valence electrons. The van der Waals surface area contributed by atoms with Crippen LogP contribution in [0, 0.1) is 0 Å². The van der Waals surface area contributed by atoms with Crippen molar-refractivity contribution in [2.24, 2.45) is 0 Å². The van der Waals surface area contributed by atoms with Crippen LogP contribution < -0.4 is 88.7 Å². The number of hydrogen-bond donors (Lipinski definition) is 4. The summed E-state index contributed by atoms with van der Waals surface area (Å²) < 4.78 is 0. The van der Waals surface area contributed by atoms with Crippen LogP contribution in [-0.2, 0) is 35.4 Å². The third-order valence-electron chi connectivity index (χ3n) is 1.29. The summed E-state index contributed by atoms with van der Waals surface area (Å²) in [5, 5.41) is 33.8. The topological polar surface area (TPSA) is 132 Å². The van der Waals surface area contributed by atoms with Crippen molar-refractivity contribution < 1.29 is 149 Å². The molecule has 0 aromatic heterocycles. The first-order valence-corrected chi connectivity index (χ1v) is 3.17. The molecule has 0 unspecified atom stereocenters. The Kier molecular flexibility index (Phi) is 26.8. The summed E-state index contributed by atoms with van der Waals surface area (Å²) in [7, 11) is 0. The Hall–Kier alpha value is 2.06. The first-order chi connectivity index (χ1) is 5.78. The number of carbonyl (C=O) groups is 3. The molecule has 0 aliphatic carbocycles. The van der Waals surface area contributed by atoms with Gasteiger partial charge in [0.1, 0.15) is 0 Å². The fourth-order valence-electron chi connectivity index (χ4n) is 0.714. The average molecular weight is 448 g/mol. The molecule has 0 spiro atoms. The van der Waals surface area contributed by atoms with Crippen molar-refractivity contribution in [3.63, 3.8) is 0 Å². The molecule has 7 nitrogen and oxygen atoms in total. The molecule has 4 N–H and O–H groups in total. The van der Waals surface area contributed by atoms with Crippen LogP contribution in [0.25, 0.3) is 0 Å². The van der Waals surface area contributed by atoms with Crippen LogP contribution in [0.2, 0.25) is 0 Å². The Labute approximate surface area is 182 Å². The molecule has 11 heteroatoms. The van der Waals surface area contributed by atoms with E-state index in [0.717, 1.165) is 0 Å². The number of carboxylic acids is 3. The first kappa shape index (κ1) is 31.4. The van der Waals surface area contributed by atoms with Gasteiger partial charge >= 0.3 is 107 Å². The van der Waals surface area contributed by atoms with Gasteiger partial charge in [0.25, 0.3) is 0 Å². The molecule has 0 aliphatic rings. The summed E-state index contributed by atoms with van der Waals surface area (Å²) >= 11 is 0. The summed E-state index contributed by atoms with van der Waals surface area (Å²) in [5.41, 5.74) is -2.74. The average Bonchev–Trinajstić information content (AvgIpc) is 1.82. The van der Waals surface area contributed by atoms with Gasteiger partial charge < -0.3 is 24.7 Å². The Morgan fingerprint density at radius 3 is 1.24 bits per heavy atom. The van der Waals surface area contributed by atoms with Crippen molar-refractivity contribution >= 4 is 17.9 Å². The molecule has 0 rings (SSSR count). The second kappa shape index (κ2) is 14.5. The molecule has 0 amide bonds. The number of rotatable bonds is 5. The van der Waals surface area contributed by atoms with E-state index in [0.29, 0.717) is 0 Å². The zero-order valence-electron chi connectivity index (χ0n) is 12.8. The van der Waals surface area contributed by atoms with Gasteiger partial charge in [0.05, 0.1) is 12.8 Å². The van der Waals surface area contributed by atoms with Crippen LogP contribution in [0.4, 0.5) is 0 Å². The van der Waals surface area contributed by atoms with Gasteiger partial charge in [0.15, 0.2) is 5.60 Å². The minimum atomic E-state index is -2.74. The largest absolute Gasteiger partial charge is 1.00 e. The Morgan fingerprint density at radius 2 is 1.12 bits per heavy atom. The molecule has 0 atom stereocenters. The molecule has 0 aromatic rings. The van der Waals surface area contributed by atoms with Gasteiger partial charge in [-0.1, -0.05) is 0 Å². The molecule has 0 heterocycles. The van der Waals surface area contributed by atoms with Gasteiger partial charge in [-0.3, -0.25) is 9.59 Å². The fourth-order valence-corrected chi connectivity index (χ4v) is 0.714. The van der Waals surface area contributed by atoms with Crippen LogP contribution in [0.5, 0.6) is 0 Å². The maximum Gasteiger partial charge on any atom is 1.00 e. The van der Waals surface area contributed by atoms with E-state index in [9.17, 15) is 14.4 Å². The van der Waals surface area contributed by atoms with Gasteiger partial charge in [0.2, 0.25) is 0 Å². The zero-order valence-corrected chi connectivity index (χ0v) is 18.8. The molecule has 0 radical (unpaired) electrons. The summed E-state index contributed by atoms with van der Waals surface area (Å²) in [6.45, 7) is 0. The van der Waals surface area contributed by atoms with Crippen molar-refractivity contribution in [1.29, 1.82) is 0 Å². The van der Waals surface area contributed by atoms with E-state index in [2.05, 4.69) is 0 Å². The third-order valence-corrected chi connectivity index (χ3v) is 1.29. The Bertz CT molecular complexity index is 256. The number of hydrogen-bond acceptors (Lipinski definition) is 4. The Morgan fingerprint density at radius 1 is 0.882 bits per heavy atom. The quantitative estimate of drug-likeness (QED) is 0.308. The van der Waals surface area contributed by atoms with Gasteiger partial charge in [-0.25, -0.2) is 4.79 Å². The minimum absolute atomic E-state index is 0. The monoisotopic (exact) mass is 448 g/mol. The molecule has 0 aromatic carbocycles. The summed E-state index contributed by atoms with van der Waals surface area (Å²) in [6, 6.07) is 0. The van der Waals surface area contributed by atoms with E-state index in [1.807, 2.05) is 0 Å². The van der Waals surface area contributed by atoms with Crippen molar-refractivity contribution in [1.82, 2.24) is 0 Å². The maximum absolute atomic E-state index is 10.3. The molecule has 0 bridgehead atoms. The normalized spacial score (nSPS) is 8.29. The SMILES string of the molecule is O=C(O)CC(O)(CC(=O)O)C(=O)O.[H-].[H-].[H-].[Na+].[Na+].[Na+].[W]. The second-order valence-corrected chi connectivity index (χ2v) is 2.48. The van der Waals surface area contributed by atoms with E-state index in [1.165, 1.54) is 0 Å². The van der Waals surface area contributed by atoms with Crippen LogP contribution in [-0.4, -0.2) is 43.9 Å². The van der Waals surface area contributed by atoms with Crippen molar-refractivity contribution in [2.75, 3.05) is 0 Å². The molecule has 0 saturated carbocycles. The second-order valence-electron chi connectivity index (χ2n) is 2.48. The van der Waals surface area contributed by atoms with Gasteiger partial charge in [0, 0.05) is 21.1 Å². The molecule has 0 saturated heterocycles. The van der Waals surface area contributed by atoms with Crippen molar-refractivity contribution in [3.8, 4) is 0 Å². The van der Waals surface area contributed by atoms with E-state index >= 15 is 0 Å². The molecule has 0 fully saturated rings. The minimum Gasteiger partial charge on any atom is -1.00 e. The predicted molar refractivity (Wildman–Crippen MR) is 40.4 cm³/mol. The number of aliphatic hydroxyl groups is 1. The molecular weight excluding hydrogens is 437 g/mol. The van der Waals surface area contributed by atoms with Crippen molar-refractivity contribution in [2.45, 2.75) is 18.4 Å². The standard InChI is InChI=1S/C6H8O7.3Na.W.3H/c7-3(8)1-6(13,5(11)12)2-4(9)10;;;;;;;/h13H,1-2H2,(H,7,8)(H,9,10)(H,11,12);;;;;;;/q;3*+1;;3*-1. The van der Waals surface area contributed by atoms with E-state index in [4.69, 9.17) is 20.4 Å². The Balaban J connectivity index is -0.0000000343. The van der Waals surface area contributed by atoms with Crippen LogP contribution >= 0.6 is 0 Å². The van der Waals surface area contributed by atoms with E-state index in [-0.39, 0.29) is 114 Å². The van der Waals surface area contributed by atoms with E-state index < -0.39 is 36.4 Å².